The van der Waals surface area contributed by atoms with Gasteiger partial charge in [-0.25, -0.2) is 0 Å². The van der Waals surface area contributed by atoms with E-state index < -0.39 is 5.60 Å². The van der Waals surface area contributed by atoms with Gasteiger partial charge in [-0.2, -0.15) is 0 Å². The fourth-order valence-corrected chi connectivity index (χ4v) is 1.62. The molecule has 1 rings (SSSR count). The Labute approximate surface area is 97.9 Å². The maximum atomic E-state index is 10.1. The molecule has 2 N–H and O–H groups in total. The van der Waals surface area contributed by atoms with Crippen LogP contribution in [-0.2, 0) is 6.54 Å². The SMILES string of the molecule is CCC(O)(CC)CNCc1ncccc1C. The number of nitrogens with zero attached hydrogens (tertiary/aromatic N) is 1. The first-order valence-corrected chi connectivity index (χ1v) is 5.95. The van der Waals surface area contributed by atoms with Crippen molar-refractivity contribution in [3.63, 3.8) is 0 Å². The van der Waals surface area contributed by atoms with Crippen LogP contribution in [0.15, 0.2) is 18.3 Å². The minimum absolute atomic E-state index is 0.581. The van der Waals surface area contributed by atoms with E-state index >= 15 is 0 Å². The second kappa shape index (κ2) is 5.97. The van der Waals surface area contributed by atoms with Crippen LogP contribution in [0.2, 0.25) is 0 Å². The van der Waals surface area contributed by atoms with E-state index in [9.17, 15) is 5.11 Å². The second-order valence-electron chi connectivity index (χ2n) is 4.30. The van der Waals surface area contributed by atoms with Gasteiger partial charge in [0.2, 0.25) is 0 Å². The lowest BCUT2D eigenvalue weighted by Gasteiger charge is -2.25. The van der Waals surface area contributed by atoms with Crippen LogP contribution in [0.1, 0.15) is 37.9 Å². The summed E-state index contributed by atoms with van der Waals surface area (Å²) in [7, 11) is 0. The number of pyridine rings is 1. The molecule has 3 heteroatoms. The maximum absolute atomic E-state index is 10.1. The van der Waals surface area contributed by atoms with Gasteiger partial charge < -0.3 is 10.4 Å². The van der Waals surface area contributed by atoms with Gasteiger partial charge in [0.1, 0.15) is 0 Å². The van der Waals surface area contributed by atoms with Gasteiger partial charge >= 0.3 is 0 Å². The lowest BCUT2D eigenvalue weighted by Crippen LogP contribution is -2.39. The molecule has 0 spiro atoms. The van der Waals surface area contributed by atoms with Crippen molar-refractivity contribution in [2.24, 2.45) is 0 Å². The Morgan fingerprint density at radius 1 is 1.38 bits per heavy atom. The van der Waals surface area contributed by atoms with Crippen LogP contribution in [-0.4, -0.2) is 22.2 Å². The van der Waals surface area contributed by atoms with E-state index in [1.807, 2.05) is 19.9 Å². The summed E-state index contributed by atoms with van der Waals surface area (Å²) in [5, 5.41) is 13.4. The lowest BCUT2D eigenvalue weighted by atomic mass is 9.97. The van der Waals surface area contributed by atoms with Gasteiger partial charge in [-0.15, -0.1) is 0 Å². The minimum Gasteiger partial charge on any atom is -0.389 e. The predicted octanol–water partition coefficient (Wildman–Crippen LogP) is 2.03. The summed E-state index contributed by atoms with van der Waals surface area (Å²) in [6, 6.07) is 3.99. The molecule has 1 aromatic rings. The summed E-state index contributed by atoms with van der Waals surface area (Å²) >= 11 is 0. The van der Waals surface area contributed by atoms with Crippen LogP contribution in [0.25, 0.3) is 0 Å². The lowest BCUT2D eigenvalue weighted by molar-refractivity contribution is 0.0322. The van der Waals surface area contributed by atoms with Gasteiger partial charge in [-0.3, -0.25) is 4.98 Å². The van der Waals surface area contributed by atoms with Gasteiger partial charge in [0.15, 0.2) is 0 Å². The molecule has 0 bridgehead atoms. The molecule has 0 aliphatic carbocycles. The zero-order valence-electron chi connectivity index (χ0n) is 10.5. The van der Waals surface area contributed by atoms with E-state index in [-0.39, 0.29) is 0 Å². The topological polar surface area (TPSA) is 45.1 Å². The van der Waals surface area contributed by atoms with Crippen molar-refractivity contribution >= 4 is 0 Å². The van der Waals surface area contributed by atoms with Crippen LogP contribution in [0.4, 0.5) is 0 Å². The largest absolute Gasteiger partial charge is 0.389 e. The highest BCUT2D eigenvalue weighted by molar-refractivity contribution is 5.17. The molecule has 3 nitrogen and oxygen atoms in total. The third-order valence-corrected chi connectivity index (χ3v) is 3.18. The summed E-state index contributed by atoms with van der Waals surface area (Å²) in [5.41, 5.74) is 1.66. The first-order chi connectivity index (χ1) is 7.61. The summed E-state index contributed by atoms with van der Waals surface area (Å²) < 4.78 is 0. The van der Waals surface area contributed by atoms with Gasteiger partial charge in [0.05, 0.1) is 11.3 Å². The highest BCUT2D eigenvalue weighted by Crippen LogP contribution is 2.13. The number of hydrogen-bond acceptors (Lipinski definition) is 3. The van der Waals surface area contributed by atoms with E-state index in [0.717, 1.165) is 25.1 Å². The summed E-state index contributed by atoms with van der Waals surface area (Å²) in [6.45, 7) is 7.41. The fourth-order valence-electron chi connectivity index (χ4n) is 1.62. The molecular formula is C13H22N2O. The number of hydrogen-bond donors (Lipinski definition) is 2. The Kier molecular flexibility index (Phi) is 4.90. The van der Waals surface area contributed by atoms with Crippen LogP contribution in [0.3, 0.4) is 0 Å². The first-order valence-electron chi connectivity index (χ1n) is 5.95. The number of aromatic nitrogens is 1. The zero-order chi connectivity index (χ0) is 12.0. The molecule has 16 heavy (non-hydrogen) atoms. The molecule has 0 unspecified atom stereocenters. The second-order valence-corrected chi connectivity index (χ2v) is 4.30. The summed E-state index contributed by atoms with van der Waals surface area (Å²) in [4.78, 5) is 4.31. The molecule has 0 aliphatic heterocycles. The Bertz CT molecular complexity index is 321. The smallest absolute Gasteiger partial charge is 0.0766 e. The molecule has 0 aliphatic rings. The molecule has 0 saturated heterocycles. The van der Waals surface area contributed by atoms with Crippen LogP contribution >= 0.6 is 0 Å². The quantitative estimate of drug-likeness (QED) is 0.774. The maximum Gasteiger partial charge on any atom is 0.0766 e. The number of rotatable bonds is 6. The van der Waals surface area contributed by atoms with Crippen molar-refractivity contribution in [2.75, 3.05) is 6.54 Å². The molecule has 0 saturated carbocycles. The van der Waals surface area contributed by atoms with Crippen molar-refractivity contribution in [1.29, 1.82) is 0 Å². The van der Waals surface area contributed by atoms with Crippen molar-refractivity contribution in [3.05, 3.63) is 29.6 Å². The first kappa shape index (κ1) is 13.1. The van der Waals surface area contributed by atoms with Crippen molar-refractivity contribution in [3.8, 4) is 0 Å². The zero-order valence-corrected chi connectivity index (χ0v) is 10.5. The van der Waals surface area contributed by atoms with E-state index in [0.29, 0.717) is 6.54 Å². The third kappa shape index (κ3) is 3.58. The number of aryl methyl sites for hydroxylation is 1. The van der Waals surface area contributed by atoms with E-state index in [2.05, 4.69) is 23.3 Å². The molecule has 0 amide bonds. The van der Waals surface area contributed by atoms with Crippen molar-refractivity contribution in [1.82, 2.24) is 10.3 Å². The average molecular weight is 222 g/mol. The minimum atomic E-state index is -0.581. The molecular weight excluding hydrogens is 200 g/mol. The van der Waals surface area contributed by atoms with Gasteiger partial charge in [0.25, 0.3) is 0 Å². The highest BCUT2D eigenvalue weighted by atomic mass is 16.3. The summed E-state index contributed by atoms with van der Waals surface area (Å²) in [6.07, 6.45) is 3.35. The Hall–Kier alpha value is -0.930. The summed E-state index contributed by atoms with van der Waals surface area (Å²) in [5.74, 6) is 0. The van der Waals surface area contributed by atoms with Gasteiger partial charge in [-0.1, -0.05) is 19.9 Å². The fraction of sp³-hybridized carbons (Fsp3) is 0.615. The van der Waals surface area contributed by atoms with Crippen LogP contribution in [0, 0.1) is 6.92 Å². The van der Waals surface area contributed by atoms with E-state index in [4.69, 9.17) is 0 Å². The predicted molar refractivity (Wildman–Crippen MR) is 66.2 cm³/mol. The number of aliphatic hydroxyl groups is 1. The van der Waals surface area contributed by atoms with Crippen LogP contribution in [0.5, 0.6) is 0 Å². The van der Waals surface area contributed by atoms with Crippen molar-refractivity contribution < 1.29 is 5.11 Å². The normalized spacial score (nSPS) is 11.8. The third-order valence-electron chi connectivity index (χ3n) is 3.18. The molecule has 0 atom stereocenters. The highest BCUT2D eigenvalue weighted by Gasteiger charge is 2.21. The molecule has 1 aromatic heterocycles. The molecule has 90 valence electrons. The van der Waals surface area contributed by atoms with E-state index in [1.165, 1.54) is 5.56 Å². The number of nitrogens with one attached hydrogen (secondary N) is 1. The average Bonchev–Trinajstić information content (AvgIpc) is 2.31. The molecule has 0 aromatic carbocycles. The van der Waals surface area contributed by atoms with Crippen molar-refractivity contribution in [2.45, 2.75) is 45.8 Å². The Balaban J connectivity index is 2.44. The van der Waals surface area contributed by atoms with Gasteiger partial charge in [0, 0.05) is 19.3 Å². The van der Waals surface area contributed by atoms with Crippen LogP contribution < -0.4 is 5.32 Å². The Morgan fingerprint density at radius 2 is 2.06 bits per heavy atom. The molecule has 1 heterocycles. The standard InChI is InChI=1S/C13H22N2O/c1-4-13(16,5-2)10-14-9-12-11(3)7-6-8-15-12/h6-8,14,16H,4-5,9-10H2,1-3H3. The Morgan fingerprint density at radius 3 is 2.62 bits per heavy atom. The van der Waals surface area contributed by atoms with Gasteiger partial charge in [-0.05, 0) is 31.4 Å². The molecule has 0 fully saturated rings. The van der Waals surface area contributed by atoms with E-state index in [1.54, 1.807) is 6.20 Å². The molecule has 0 radical (unpaired) electrons. The monoisotopic (exact) mass is 222 g/mol.